The van der Waals surface area contributed by atoms with E-state index < -0.39 is 7.60 Å². The third-order valence-electron chi connectivity index (χ3n) is 3.17. The summed E-state index contributed by atoms with van der Waals surface area (Å²) in [7, 11) is -4.13. The van der Waals surface area contributed by atoms with Gasteiger partial charge in [-0.25, -0.2) is 0 Å². The number of phenolic OH excluding ortho intramolecular Hbond substituents is 1. The van der Waals surface area contributed by atoms with E-state index in [1.54, 1.807) is 12.1 Å². The fraction of sp³-hybridized carbons (Fsp3) is 0.600. The maximum atomic E-state index is 11.2. The van der Waals surface area contributed by atoms with Gasteiger partial charge in [0.1, 0.15) is 5.75 Å². The van der Waals surface area contributed by atoms with E-state index in [0.29, 0.717) is 16.7 Å². The van der Waals surface area contributed by atoms with Gasteiger partial charge in [-0.2, -0.15) is 0 Å². The SMILES string of the molecule is CC(C)(C)c1cc(CP(=O)(O)O)cc(C(C)(C)C)c1O.[CaH2]. The van der Waals surface area contributed by atoms with Gasteiger partial charge in [0.2, 0.25) is 0 Å². The Morgan fingerprint density at radius 3 is 1.52 bits per heavy atom. The molecule has 1 rings (SSSR count). The zero-order valence-electron chi connectivity index (χ0n) is 13.1. The van der Waals surface area contributed by atoms with Gasteiger partial charge in [-0.15, -0.1) is 0 Å². The van der Waals surface area contributed by atoms with Gasteiger partial charge in [0, 0.05) is 0 Å². The van der Waals surface area contributed by atoms with Crippen LogP contribution in [0.5, 0.6) is 5.75 Å². The van der Waals surface area contributed by atoms with Gasteiger partial charge in [0.05, 0.1) is 6.16 Å². The Kier molecular flexibility index (Phi) is 7.04. The molecule has 0 unspecified atom stereocenters. The van der Waals surface area contributed by atoms with E-state index in [2.05, 4.69) is 0 Å². The van der Waals surface area contributed by atoms with E-state index in [0.717, 1.165) is 0 Å². The first-order valence-corrected chi connectivity index (χ1v) is 8.43. The molecule has 0 radical (unpaired) electrons. The van der Waals surface area contributed by atoms with E-state index in [-0.39, 0.29) is 60.5 Å². The summed E-state index contributed by atoms with van der Waals surface area (Å²) in [5.41, 5.74) is 1.40. The van der Waals surface area contributed by atoms with E-state index >= 15 is 0 Å². The summed E-state index contributed by atoms with van der Waals surface area (Å²) >= 11 is 0. The Morgan fingerprint density at radius 1 is 0.952 bits per heavy atom. The zero-order valence-corrected chi connectivity index (χ0v) is 14.0. The van der Waals surface area contributed by atoms with Crippen molar-refractivity contribution in [2.45, 2.75) is 58.5 Å². The van der Waals surface area contributed by atoms with Crippen molar-refractivity contribution in [3.05, 3.63) is 28.8 Å². The Hall–Kier alpha value is 0.430. The van der Waals surface area contributed by atoms with Gasteiger partial charge in [-0.05, 0) is 27.5 Å². The van der Waals surface area contributed by atoms with E-state index in [1.165, 1.54) is 0 Å². The molecule has 21 heavy (non-hydrogen) atoms. The summed E-state index contributed by atoms with van der Waals surface area (Å²) < 4.78 is 11.2. The van der Waals surface area contributed by atoms with E-state index in [9.17, 15) is 19.5 Å². The predicted molar refractivity (Wildman–Crippen MR) is 89.8 cm³/mol. The van der Waals surface area contributed by atoms with Crippen LogP contribution >= 0.6 is 7.60 Å². The second-order valence-corrected chi connectivity index (χ2v) is 9.01. The van der Waals surface area contributed by atoms with Crippen molar-refractivity contribution in [3.63, 3.8) is 0 Å². The molecule has 118 valence electrons. The molecule has 6 heteroatoms. The molecule has 0 heterocycles. The van der Waals surface area contributed by atoms with Crippen LogP contribution < -0.4 is 0 Å². The third kappa shape index (κ3) is 6.21. The van der Waals surface area contributed by atoms with Crippen molar-refractivity contribution in [1.29, 1.82) is 0 Å². The number of aromatic hydroxyl groups is 1. The number of hydrogen-bond acceptors (Lipinski definition) is 2. The normalized spacial score (nSPS) is 13.0. The molecule has 0 spiro atoms. The van der Waals surface area contributed by atoms with Crippen molar-refractivity contribution >= 4 is 45.3 Å². The second-order valence-electron chi connectivity index (χ2n) is 7.36. The minimum absolute atomic E-state index is 0. The molecule has 0 atom stereocenters. The van der Waals surface area contributed by atoms with Crippen molar-refractivity contribution in [1.82, 2.24) is 0 Å². The standard InChI is InChI=1S/C15H25O4P.Ca.2H/c1-14(2,3)11-7-10(9-20(17,18)19)8-12(13(11)16)15(4,5)6;;;/h7-8,16H,9H2,1-6H3,(H2,17,18,19);;;. The summed E-state index contributed by atoms with van der Waals surface area (Å²) in [4.78, 5) is 18.4. The minimum atomic E-state index is -4.13. The number of phenols is 1. The molecule has 0 bridgehead atoms. The summed E-state index contributed by atoms with van der Waals surface area (Å²) in [6.45, 7) is 11.8. The molecule has 0 aliphatic carbocycles. The second kappa shape index (κ2) is 6.90. The topological polar surface area (TPSA) is 77.8 Å². The summed E-state index contributed by atoms with van der Waals surface area (Å²) in [6.07, 6.45) is -0.306. The molecule has 0 aliphatic rings. The van der Waals surface area contributed by atoms with Crippen LogP contribution in [0.25, 0.3) is 0 Å². The van der Waals surface area contributed by atoms with Gasteiger partial charge in [0.25, 0.3) is 0 Å². The van der Waals surface area contributed by atoms with Gasteiger partial charge < -0.3 is 14.9 Å². The molecule has 0 aliphatic heterocycles. The third-order valence-corrected chi connectivity index (χ3v) is 3.95. The van der Waals surface area contributed by atoms with E-state index in [1.807, 2.05) is 41.5 Å². The van der Waals surface area contributed by atoms with Crippen molar-refractivity contribution < 1.29 is 19.5 Å². The first-order chi connectivity index (χ1) is 8.72. The van der Waals surface area contributed by atoms with Crippen LogP contribution in [-0.2, 0) is 21.6 Å². The van der Waals surface area contributed by atoms with Crippen LogP contribution in [0.3, 0.4) is 0 Å². The first-order valence-electron chi connectivity index (χ1n) is 6.63. The molecule has 0 fully saturated rings. The van der Waals surface area contributed by atoms with Crippen LogP contribution in [0.2, 0.25) is 0 Å². The monoisotopic (exact) mass is 342 g/mol. The molecule has 0 saturated heterocycles. The Morgan fingerprint density at radius 2 is 1.29 bits per heavy atom. The maximum absolute atomic E-state index is 11.2. The number of rotatable bonds is 2. The quantitative estimate of drug-likeness (QED) is 0.570. The molecular weight excluding hydrogens is 315 g/mol. The van der Waals surface area contributed by atoms with Crippen LogP contribution in [0.4, 0.5) is 0 Å². The molecule has 0 saturated carbocycles. The van der Waals surface area contributed by atoms with Crippen molar-refractivity contribution in [2.75, 3.05) is 0 Å². The Bertz CT molecular complexity index is 515. The van der Waals surface area contributed by atoms with Crippen LogP contribution in [0, 0.1) is 0 Å². The Labute approximate surface area is 157 Å². The van der Waals surface area contributed by atoms with Crippen LogP contribution in [0.1, 0.15) is 58.2 Å². The molecule has 1 aromatic carbocycles. The molecule has 0 amide bonds. The number of benzene rings is 1. The van der Waals surface area contributed by atoms with Gasteiger partial charge >= 0.3 is 45.3 Å². The fourth-order valence-electron chi connectivity index (χ4n) is 2.17. The fourth-order valence-corrected chi connectivity index (χ4v) is 2.83. The van der Waals surface area contributed by atoms with Crippen LogP contribution in [0.15, 0.2) is 12.1 Å². The van der Waals surface area contributed by atoms with Crippen molar-refractivity contribution in [3.8, 4) is 5.75 Å². The van der Waals surface area contributed by atoms with Crippen LogP contribution in [-0.4, -0.2) is 52.6 Å². The summed E-state index contributed by atoms with van der Waals surface area (Å²) in [5, 5.41) is 10.5. The van der Waals surface area contributed by atoms with Gasteiger partial charge in [-0.3, -0.25) is 4.57 Å². The predicted octanol–water partition coefficient (Wildman–Crippen LogP) is 2.75. The van der Waals surface area contributed by atoms with Gasteiger partial charge in [-0.1, -0.05) is 53.7 Å². The molecule has 0 aromatic heterocycles. The molecule has 1 aromatic rings. The average Bonchev–Trinajstić information content (AvgIpc) is 2.14. The van der Waals surface area contributed by atoms with Crippen molar-refractivity contribution in [2.24, 2.45) is 0 Å². The van der Waals surface area contributed by atoms with Gasteiger partial charge in [0.15, 0.2) is 0 Å². The average molecular weight is 342 g/mol. The summed E-state index contributed by atoms with van der Waals surface area (Å²) in [6, 6.07) is 3.40. The molecular formula is C15H27CaO4P. The Balaban J connectivity index is 0.00000400. The van der Waals surface area contributed by atoms with E-state index in [4.69, 9.17) is 0 Å². The zero-order chi connectivity index (χ0) is 15.9. The molecule has 3 N–H and O–H groups in total. The number of hydrogen-bond donors (Lipinski definition) is 3. The summed E-state index contributed by atoms with van der Waals surface area (Å²) in [5.74, 6) is 0.222. The molecule has 4 nitrogen and oxygen atoms in total. The first kappa shape index (κ1) is 21.4.